The predicted octanol–water partition coefficient (Wildman–Crippen LogP) is 3.58. The minimum atomic E-state index is -1.10. The molecule has 0 aliphatic rings. The van der Waals surface area contributed by atoms with Crippen LogP contribution in [0.1, 0.15) is 17.2 Å². The van der Waals surface area contributed by atoms with Crippen molar-refractivity contribution >= 4 is 11.6 Å². The topological polar surface area (TPSA) is 38.7 Å². The van der Waals surface area contributed by atoms with Crippen molar-refractivity contribution in [2.24, 2.45) is 0 Å². The van der Waals surface area contributed by atoms with E-state index in [9.17, 15) is 9.50 Å². The number of aliphatic hydroxyl groups is 1. The molecule has 0 aromatic heterocycles. The lowest BCUT2D eigenvalue weighted by atomic mass is 9.99. The van der Waals surface area contributed by atoms with Gasteiger partial charge < -0.3 is 14.6 Å². The number of halogens is 2. The Bertz CT molecular complexity index is 574. The van der Waals surface area contributed by atoms with Gasteiger partial charge in [-0.15, -0.1) is 0 Å². The van der Waals surface area contributed by atoms with Crippen molar-refractivity contribution in [2.45, 2.75) is 6.10 Å². The lowest BCUT2D eigenvalue weighted by Gasteiger charge is -2.18. The number of benzene rings is 2. The van der Waals surface area contributed by atoms with E-state index in [1.807, 2.05) is 0 Å². The van der Waals surface area contributed by atoms with Gasteiger partial charge in [-0.1, -0.05) is 17.7 Å². The minimum absolute atomic E-state index is 0.216. The highest BCUT2D eigenvalue weighted by Gasteiger charge is 2.21. The molecule has 1 unspecified atom stereocenters. The van der Waals surface area contributed by atoms with Gasteiger partial charge in [-0.05, 0) is 35.9 Å². The number of rotatable bonds is 4. The summed E-state index contributed by atoms with van der Waals surface area (Å²) < 4.78 is 23.9. The van der Waals surface area contributed by atoms with E-state index < -0.39 is 11.9 Å². The molecule has 0 radical (unpaired) electrons. The van der Waals surface area contributed by atoms with E-state index in [4.69, 9.17) is 21.1 Å². The Balaban J connectivity index is 2.54. The molecule has 0 bridgehead atoms. The van der Waals surface area contributed by atoms with E-state index >= 15 is 0 Å². The zero-order valence-corrected chi connectivity index (χ0v) is 11.8. The van der Waals surface area contributed by atoms with Crippen molar-refractivity contribution in [1.82, 2.24) is 0 Å². The van der Waals surface area contributed by atoms with Gasteiger partial charge in [0.15, 0.2) is 0 Å². The molecular weight excluding hydrogens is 283 g/mol. The van der Waals surface area contributed by atoms with Crippen molar-refractivity contribution < 1.29 is 19.0 Å². The molecule has 0 aliphatic heterocycles. The normalized spacial score (nSPS) is 12.1. The summed E-state index contributed by atoms with van der Waals surface area (Å²) in [5.41, 5.74) is 0.761. The maximum atomic E-state index is 13.4. The fourth-order valence-electron chi connectivity index (χ4n) is 2.05. The first-order valence-electron chi connectivity index (χ1n) is 5.91. The second kappa shape index (κ2) is 6.11. The van der Waals surface area contributed by atoms with Gasteiger partial charge in [0.2, 0.25) is 0 Å². The smallest absolute Gasteiger partial charge is 0.128 e. The van der Waals surface area contributed by atoms with Crippen molar-refractivity contribution in [3.05, 3.63) is 58.4 Å². The Labute approximate surface area is 121 Å². The molecular formula is C15H14ClFO3. The third-order valence-corrected chi connectivity index (χ3v) is 3.16. The Morgan fingerprint density at radius 1 is 1.10 bits per heavy atom. The van der Waals surface area contributed by atoms with Crippen LogP contribution in [0.3, 0.4) is 0 Å². The number of methoxy groups -OCH3 is 2. The van der Waals surface area contributed by atoms with Crippen molar-refractivity contribution in [3.8, 4) is 11.5 Å². The average molecular weight is 297 g/mol. The lowest BCUT2D eigenvalue weighted by Crippen LogP contribution is -2.05. The predicted molar refractivity (Wildman–Crippen MR) is 75.0 cm³/mol. The molecule has 2 aromatic carbocycles. The second-order valence-corrected chi connectivity index (χ2v) is 4.62. The summed E-state index contributed by atoms with van der Waals surface area (Å²) in [6, 6.07) is 9.04. The maximum absolute atomic E-state index is 13.4. The van der Waals surface area contributed by atoms with Gasteiger partial charge in [0.25, 0.3) is 0 Å². The van der Waals surface area contributed by atoms with Gasteiger partial charge in [-0.3, -0.25) is 0 Å². The Morgan fingerprint density at radius 3 is 2.20 bits per heavy atom. The van der Waals surface area contributed by atoms with Crippen LogP contribution < -0.4 is 9.47 Å². The van der Waals surface area contributed by atoms with Crippen LogP contribution in [0.15, 0.2) is 36.4 Å². The van der Waals surface area contributed by atoms with Crippen LogP contribution in [0.5, 0.6) is 11.5 Å². The maximum Gasteiger partial charge on any atom is 0.128 e. The van der Waals surface area contributed by atoms with Gasteiger partial charge in [-0.2, -0.15) is 0 Å². The summed E-state index contributed by atoms with van der Waals surface area (Å²) in [7, 11) is 2.98. The first kappa shape index (κ1) is 14.6. The molecule has 1 atom stereocenters. The lowest BCUT2D eigenvalue weighted by molar-refractivity contribution is 0.208. The number of ether oxygens (including phenoxy) is 2. The van der Waals surface area contributed by atoms with Crippen LogP contribution in [0, 0.1) is 5.82 Å². The van der Waals surface area contributed by atoms with Crippen molar-refractivity contribution in [3.63, 3.8) is 0 Å². The molecule has 0 spiro atoms. The molecule has 5 heteroatoms. The summed E-state index contributed by atoms with van der Waals surface area (Å²) in [5, 5.41) is 10.7. The summed E-state index contributed by atoms with van der Waals surface area (Å²) in [6.07, 6.45) is -1.10. The number of hydrogen-bond donors (Lipinski definition) is 1. The molecule has 0 saturated carbocycles. The molecule has 106 valence electrons. The molecule has 0 amide bonds. The van der Waals surface area contributed by atoms with Crippen LogP contribution in [-0.4, -0.2) is 19.3 Å². The third kappa shape index (κ3) is 2.86. The standard InChI is InChI=1S/C15H14ClFO3/c1-19-12-4-3-5-13(20-2)14(12)15(18)9-6-10(16)8-11(17)7-9/h3-8,15,18H,1-2H3. The zero-order valence-electron chi connectivity index (χ0n) is 11.1. The number of hydrogen-bond acceptors (Lipinski definition) is 3. The molecule has 0 heterocycles. The summed E-state index contributed by atoms with van der Waals surface area (Å²) in [6.45, 7) is 0. The van der Waals surface area contributed by atoms with Crippen LogP contribution in [0.25, 0.3) is 0 Å². The number of aliphatic hydroxyl groups excluding tert-OH is 1. The fourth-order valence-corrected chi connectivity index (χ4v) is 2.28. The summed E-state index contributed by atoms with van der Waals surface area (Å²) in [5.74, 6) is 0.398. The first-order chi connectivity index (χ1) is 9.56. The van der Waals surface area contributed by atoms with E-state index in [0.29, 0.717) is 22.6 Å². The third-order valence-electron chi connectivity index (χ3n) is 2.94. The first-order valence-corrected chi connectivity index (χ1v) is 6.29. The minimum Gasteiger partial charge on any atom is -0.496 e. The Kier molecular flexibility index (Phi) is 4.47. The van der Waals surface area contributed by atoms with Gasteiger partial charge in [0, 0.05) is 5.02 Å². The quantitative estimate of drug-likeness (QED) is 0.937. The molecule has 0 saturated heterocycles. The molecule has 20 heavy (non-hydrogen) atoms. The Hall–Kier alpha value is -1.78. The van der Waals surface area contributed by atoms with E-state index in [1.165, 1.54) is 32.4 Å². The average Bonchev–Trinajstić information content (AvgIpc) is 2.44. The van der Waals surface area contributed by atoms with Gasteiger partial charge in [0.05, 0.1) is 19.8 Å². The van der Waals surface area contributed by atoms with Crippen LogP contribution in [0.4, 0.5) is 4.39 Å². The molecule has 2 rings (SSSR count). The molecule has 0 aliphatic carbocycles. The van der Waals surface area contributed by atoms with Crippen molar-refractivity contribution in [2.75, 3.05) is 14.2 Å². The molecule has 3 nitrogen and oxygen atoms in total. The largest absolute Gasteiger partial charge is 0.496 e. The van der Waals surface area contributed by atoms with Gasteiger partial charge in [0.1, 0.15) is 23.4 Å². The highest BCUT2D eigenvalue weighted by atomic mass is 35.5. The van der Waals surface area contributed by atoms with Crippen LogP contribution in [-0.2, 0) is 0 Å². The monoisotopic (exact) mass is 296 g/mol. The van der Waals surface area contributed by atoms with E-state index in [2.05, 4.69) is 0 Å². The van der Waals surface area contributed by atoms with Crippen LogP contribution >= 0.6 is 11.6 Å². The van der Waals surface area contributed by atoms with Crippen molar-refractivity contribution in [1.29, 1.82) is 0 Å². The summed E-state index contributed by atoms with van der Waals surface area (Å²) in [4.78, 5) is 0. The molecule has 0 fully saturated rings. The Morgan fingerprint density at radius 2 is 1.70 bits per heavy atom. The highest BCUT2D eigenvalue weighted by Crippen LogP contribution is 2.37. The van der Waals surface area contributed by atoms with E-state index in [-0.39, 0.29) is 5.02 Å². The zero-order chi connectivity index (χ0) is 14.7. The molecule has 1 N–H and O–H groups in total. The molecule has 2 aromatic rings. The fraction of sp³-hybridized carbons (Fsp3) is 0.200. The summed E-state index contributed by atoms with van der Waals surface area (Å²) >= 11 is 5.82. The van der Waals surface area contributed by atoms with E-state index in [1.54, 1.807) is 18.2 Å². The van der Waals surface area contributed by atoms with Gasteiger partial charge >= 0.3 is 0 Å². The highest BCUT2D eigenvalue weighted by molar-refractivity contribution is 6.30. The van der Waals surface area contributed by atoms with Crippen LogP contribution in [0.2, 0.25) is 5.02 Å². The van der Waals surface area contributed by atoms with E-state index in [0.717, 1.165) is 0 Å². The SMILES string of the molecule is COc1cccc(OC)c1C(O)c1cc(F)cc(Cl)c1. The van der Waals surface area contributed by atoms with Gasteiger partial charge in [-0.25, -0.2) is 4.39 Å². The second-order valence-electron chi connectivity index (χ2n) is 4.18.